The van der Waals surface area contributed by atoms with E-state index in [-0.39, 0.29) is 33.6 Å². The molecule has 0 bridgehead atoms. The zero-order valence-corrected chi connectivity index (χ0v) is 16.2. The number of benzene rings is 1. The number of hydrogen-bond acceptors (Lipinski definition) is 7. The molecule has 0 aliphatic carbocycles. The first-order chi connectivity index (χ1) is 12.3. The molecule has 1 aromatic heterocycles. The predicted molar refractivity (Wildman–Crippen MR) is 102 cm³/mol. The topological polar surface area (TPSA) is 121 Å². The quantitative estimate of drug-likeness (QED) is 0.370. The van der Waals surface area contributed by atoms with Gasteiger partial charge >= 0.3 is 0 Å². The molecule has 1 aromatic carbocycles. The maximum absolute atomic E-state index is 13.3. The Morgan fingerprint density at radius 3 is 2.88 bits per heavy atom. The van der Waals surface area contributed by atoms with Crippen molar-refractivity contribution in [2.24, 2.45) is 0 Å². The van der Waals surface area contributed by atoms with E-state index in [1.165, 1.54) is 18.2 Å². The molecule has 26 heavy (non-hydrogen) atoms. The van der Waals surface area contributed by atoms with Gasteiger partial charge in [0, 0.05) is 16.9 Å². The number of nitrogens with zero attached hydrogens (tertiary/aromatic N) is 2. The Balaban J connectivity index is 1.70. The van der Waals surface area contributed by atoms with E-state index in [1.54, 1.807) is 7.85 Å². The Morgan fingerprint density at radius 1 is 1.42 bits per heavy atom. The lowest BCUT2D eigenvalue weighted by Crippen LogP contribution is -2.39. The van der Waals surface area contributed by atoms with Crippen molar-refractivity contribution in [2.75, 3.05) is 16.4 Å². The van der Waals surface area contributed by atoms with Gasteiger partial charge in [-0.1, -0.05) is 0 Å². The Labute approximate surface area is 158 Å². The average molecular weight is 444 g/mol. The molecule has 1 fully saturated rings. The van der Waals surface area contributed by atoms with Crippen molar-refractivity contribution < 1.29 is 17.4 Å². The summed E-state index contributed by atoms with van der Waals surface area (Å²) in [5.74, 6) is -0.121. The molecule has 12 heteroatoms. The average Bonchev–Trinajstić information content (AvgIpc) is 3.03. The first kappa shape index (κ1) is 18.8. The van der Waals surface area contributed by atoms with Gasteiger partial charge in [0.2, 0.25) is 5.82 Å². The smallest absolute Gasteiger partial charge is 0.202 e. The van der Waals surface area contributed by atoms with E-state index in [1.807, 2.05) is 0 Å². The Kier molecular flexibility index (Phi) is 5.33. The normalized spacial score (nSPS) is 21.9. The fourth-order valence-corrected chi connectivity index (χ4v) is 4.64. The second-order valence-electron chi connectivity index (χ2n) is 6.13. The zero-order chi connectivity index (χ0) is 18.9. The van der Waals surface area contributed by atoms with Crippen LogP contribution in [0.25, 0.3) is 0 Å². The van der Waals surface area contributed by atoms with E-state index in [9.17, 15) is 12.8 Å². The molecular weight excluding hydrogens is 428 g/mol. The molecule has 2 heterocycles. The fourth-order valence-electron chi connectivity index (χ4n) is 2.72. The van der Waals surface area contributed by atoms with Crippen LogP contribution >= 0.6 is 15.9 Å². The van der Waals surface area contributed by atoms with E-state index in [2.05, 4.69) is 36.9 Å². The third-order valence-electron chi connectivity index (χ3n) is 4.24. The number of anilines is 2. The number of aromatic nitrogens is 2. The lowest BCUT2D eigenvalue weighted by molar-refractivity contribution is 0.307. The molecule has 138 valence electrons. The van der Waals surface area contributed by atoms with Crippen molar-refractivity contribution in [2.45, 2.75) is 24.0 Å². The molecule has 1 saturated heterocycles. The summed E-state index contributed by atoms with van der Waals surface area (Å²) < 4.78 is 41.9. The SMILES string of the molecule is BC1CC(Nc2nonc2C(=N)Nc2ccc(F)c(Br)c2)CCS1(=O)=O. The van der Waals surface area contributed by atoms with Crippen molar-refractivity contribution in [3.63, 3.8) is 0 Å². The summed E-state index contributed by atoms with van der Waals surface area (Å²) in [6.07, 6.45) is 0.894. The summed E-state index contributed by atoms with van der Waals surface area (Å²) in [4.78, 5) is 0. The van der Waals surface area contributed by atoms with Crippen LogP contribution in [0.2, 0.25) is 0 Å². The number of rotatable bonds is 4. The van der Waals surface area contributed by atoms with E-state index >= 15 is 0 Å². The number of amidine groups is 1. The predicted octanol–water partition coefficient (Wildman–Crippen LogP) is 1.36. The summed E-state index contributed by atoms with van der Waals surface area (Å²) in [5.41, 5.74) is 0.654. The minimum Gasteiger partial charge on any atom is -0.362 e. The second kappa shape index (κ2) is 7.35. The van der Waals surface area contributed by atoms with Crippen molar-refractivity contribution >= 4 is 51.0 Å². The van der Waals surface area contributed by atoms with E-state index in [0.717, 1.165) is 0 Å². The van der Waals surface area contributed by atoms with Gasteiger partial charge in [0.25, 0.3) is 0 Å². The largest absolute Gasteiger partial charge is 0.362 e. The van der Waals surface area contributed by atoms with Gasteiger partial charge in [-0.2, -0.15) is 0 Å². The molecular formula is C14H16BBrFN5O3S. The van der Waals surface area contributed by atoms with Crippen LogP contribution in [0.3, 0.4) is 0 Å². The first-order valence-corrected chi connectivity index (χ1v) is 10.4. The van der Waals surface area contributed by atoms with Crippen LogP contribution < -0.4 is 10.6 Å². The summed E-state index contributed by atoms with van der Waals surface area (Å²) in [5, 5.41) is 21.1. The van der Waals surface area contributed by atoms with E-state index < -0.39 is 20.8 Å². The molecule has 8 nitrogen and oxygen atoms in total. The standard InChI is InChI=1S/C14H16BBrFN5O3S/c15-11-6-8(3-4-26(11,23)24)20-14-12(21-25-22-14)13(18)19-7-1-2-10(17)9(16)5-7/h1-2,5,8,11H,3-4,6,15H2,(H2,18,19)(H,20,22). The monoisotopic (exact) mass is 443 g/mol. The highest BCUT2D eigenvalue weighted by molar-refractivity contribution is 9.10. The maximum Gasteiger partial charge on any atom is 0.202 e. The van der Waals surface area contributed by atoms with Crippen LogP contribution in [0.5, 0.6) is 0 Å². The molecule has 1 aliphatic heterocycles. The van der Waals surface area contributed by atoms with Gasteiger partial charge in [0.1, 0.15) is 23.5 Å². The van der Waals surface area contributed by atoms with Crippen LogP contribution in [0.15, 0.2) is 27.3 Å². The molecule has 3 rings (SSSR count). The van der Waals surface area contributed by atoms with Crippen molar-refractivity contribution in [3.8, 4) is 0 Å². The first-order valence-electron chi connectivity index (χ1n) is 7.88. The number of nitrogens with one attached hydrogen (secondary N) is 3. The third-order valence-corrected chi connectivity index (χ3v) is 7.07. The van der Waals surface area contributed by atoms with Crippen LogP contribution in [-0.2, 0) is 9.84 Å². The Morgan fingerprint density at radius 2 is 2.19 bits per heavy atom. The van der Waals surface area contributed by atoms with Gasteiger partial charge in [-0.3, -0.25) is 5.41 Å². The van der Waals surface area contributed by atoms with Gasteiger partial charge in [0.05, 0.1) is 10.2 Å². The third kappa shape index (κ3) is 4.06. The Hall–Kier alpha value is -1.95. The molecule has 0 radical (unpaired) electrons. The second-order valence-corrected chi connectivity index (χ2v) is 9.53. The maximum atomic E-state index is 13.3. The fraction of sp³-hybridized carbons (Fsp3) is 0.357. The minimum atomic E-state index is -3.04. The number of hydrogen-bond donors (Lipinski definition) is 3. The highest BCUT2D eigenvalue weighted by atomic mass is 79.9. The van der Waals surface area contributed by atoms with Gasteiger partial charge in [-0.25, -0.2) is 17.4 Å². The molecule has 3 N–H and O–H groups in total. The van der Waals surface area contributed by atoms with Crippen LogP contribution in [0.4, 0.5) is 15.9 Å². The summed E-state index contributed by atoms with van der Waals surface area (Å²) >= 11 is 3.09. The molecule has 0 amide bonds. The summed E-state index contributed by atoms with van der Waals surface area (Å²) in [6.45, 7) is 0. The molecule has 2 atom stereocenters. The van der Waals surface area contributed by atoms with Crippen LogP contribution in [0, 0.1) is 11.2 Å². The van der Waals surface area contributed by atoms with Crippen LogP contribution in [0.1, 0.15) is 18.5 Å². The van der Waals surface area contributed by atoms with E-state index in [4.69, 9.17) is 10.0 Å². The van der Waals surface area contributed by atoms with Crippen molar-refractivity contribution in [1.29, 1.82) is 5.41 Å². The lowest BCUT2D eigenvalue weighted by Gasteiger charge is -2.27. The molecule has 2 aromatic rings. The lowest BCUT2D eigenvalue weighted by atomic mass is 9.95. The molecule has 0 spiro atoms. The number of sulfone groups is 1. The molecule has 1 aliphatic rings. The van der Waals surface area contributed by atoms with E-state index in [0.29, 0.717) is 18.5 Å². The molecule has 2 unspecified atom stereocenters. The van der Waals surface area contributed by atoms with Gasteiger partial charge in [0.15, 0.2) is 11.5 Å². The zero-order valence-electron chi connectivity index (χ0n) is 13.8. The van der Waals surface area contributed by atoms with Gasteiger partial charge in [-0.05, 0) is 57.3 Å². The van der Waals surface area contributed by atoms with Gasteiger partial charge < -0.3 is 10.6 Å². The Bertz CT molecular complexity index is 938. The highest BCUT2D eigenvalue weighted by Crippen LogP contribution is 2.24. The summed E-state index contributed by atoms with van der Waals surface area (Å²) in [6, 6.07) is 4.15. The molecule has 0 saturated carbocycles. The number of halogens is 2. The minimum absolute atomic E-state index is 0.0799. The van der Waals surface area contributed by atoms with Crippen LogP contribution in [-0.4, -0.2) is 49.4 Å². The highest BCUT2D eigenvalue weighted by Gasteiger charge is 2.31. The van der Waals surface area contributed by atoms with Crippen molar-refractivity contribution in [1.82, 2.24) is 10.3 Å². The summed E-state index contributed by atoms with van der Waals surface area (Å²) in [7, 11) is -1.36. The van der Waals surface area contributed by atoms with Crippen molar-refractivity contribution in [3.05, 3.63) is 34.2 Å². The van der Waals surface area contributed by atoms with Gasteiger partial charge in [-0.15, -0.1) is 0 Å².